The zero-order valence-electron chi connectivity index (χ0n) is 12.9. The zero-order valence-corrected chi connectivity index (χ0v) is 12.9. The van der Waals surface area contributed by atoms with Gasteiger partial charge in [0, 0.05) is 5.56 Å². The summed E-state index contributed by atoms with van der Waals surface area (Å²) in [4.78, 5) is 0. The number of benzene rings is 1. The summed E-state index contributed by atoms with van der Waals surface area (Å²) in [6.45, 7) is 6.76. The maximum absolute atomic E-state index is 10.3. The smallest absolute Gasteiger partial charge is 0.119 e. The summed E-state index contributed by atoms with van der Waals surface area (Å²) in [5.41, 5.74) is 1.36. The SMILES string of the molecule is CCCCCC(CCC)(CCC)c1ccccc1O. The van der Waals surface area contributed by atoms with Crippen LogP contribution in [-0.2, 0) is 5.41 Å². The molecule has 1 aromatic carbocycles. The quantitative estimate of drug-likeness (QED) is 0.557. The van der Waals surface area contributed by atoms with Crippen LogP contribution in [-0.4, -0.2) is 5.11 Å². The van der Waals surface area contributed by atoms with E-state index in [-0.39, 0.29) is 5.41 Å². The van der Waals surface area contributed by atoms with Gasteiger partial charge in [0.2, 0.25) is 0 Å². The maximum atomic E-state index is 10.3. The van der Waals surface area contributed by atoms with Crippen molar-refractivity contribution in [3.8, 4) is 5.75 Å². The highest BCUT2D eigenvalue weighted by atomic mass is 16.3. The molecule has 0 fully saturated rings. The summed E-state index contributed by atoms with van der Waals surface area (Å²) in [6.07, 6.45) is 9.76. The first kappa shape index (κ1) is 16.1. The van der Waals surface area contributed by atoms with E-state index in [0.717, 1.165) is 0 Å². The minimum atomic E-state index is 0.185. The van der Waals surface area contributed by atoms with Crippen LogP contribution in [0.2, 0.25) is 0 Å². The molecule has 1 heteroatoms. The van der Waals surface area contributed by atoms with Crippen LogP contribution in [0.25, 0.3) is 0 Å². The van der Waals surface area contributed by atoms with E-state index in [0.29, 0.717) is 5.75 Å². The van der Waals surface area contributed by atoms with Gasteiger partial charge in [-0.05, 0) is 30.7 Å². The second kappa shape index (κ2) is 8.24. The van der Waals surface area contributed by atoms with Gasteiger partial charge < -0.3 is 5.11 Å². The number of para-hydroxylation sites is 1. The normalized spacial score (nSPS) is 11.7. The molecule has 0 spiro atoms. The summed E-state index contributed by atoms with van der Waals surface area (Å²) >= 11 is 0. The third kappa shape index (κ3) is 4.26. The molecule has 108 valence electrons. The molecule has 0 unspecified atom stereocenters. The van der Waals surface area contributed by atoms with E-state index >= 15 is 0 Å². The lowest BCUT2D eigenvalue weighted by molar-refractivity contribution is 0.306. The van der Waals surface area contributed by atoms with Gasteiger partial charge >= 0.3 is 0 Å². The molecule has 19 heavy (non-hydrogen) atoms. The predicted octanol–water partition coefficient (Wildman–Crippen LogP) is 5.81. The van der Waals surface area contributed by atoms with Gasteiger partial charge in [0.15, 0.2) is 0 Å². The fraction of sp³-hybridized carbons (Fsp3) is 0.667. The number of unbranched alkanes of at least 4 members (excludes halogenated alkanes) is 2. The second-order valence-electron chi connectivity index (χ2n) is 5.75. The molecule has 0 aliphatic heterocycles. The van der Waals surface area contributed by atoms with Crippen LogP contribution in [0.1, 0.15) is 77.7 Å². The molecule has 0 radical (unpaired) electrons. The van der Waals surface area contributed by atoms with Crippen LogP contribution in [0.15, 0.2) is 24.3 Å². The topological polar surface area (TPSA) is 20.2 Å². The van der Waals surface area contributed by atoms with Gasteiger partial charge in [-0.15, -0.1) is 0 Å². The Morgan fingerprint density at radius 2 is 1.47 bits per heavy atom. The van der Waals surface area contributed by atoms with Crippen LogP contribution >= 0.6 is 0 Å². The second-order valence-corrected chi connectivity index (χ2v) is 5.75. The molecule has 1 nitrogen and oxygen atoms in total. The van der Waals surface area contributed by atoms with Gasteiger partial charge in [-0.1, -0.05) is 71.1 Å². The highest BCUT2D eigenvalue weighted by Crippen LogP contribution is 2.43. The fourth-order valence-electron chi connectivity index (χ4n) is 3.37. The third-order valence-electron chi connectivity index (χ3n) is 4.19. The van der Waals surface area contributed by atoms with Crippen molar-refractivity contribution in [1.82, 2.24) is 0 Å². The molecule has 0 aromatic heterocycles. The Hall–Kier alpha value is -0.980. The van der Waals surface area contributed by atoms with E-state index in [4.69, 9.17) is 0 Å². The first-order valence-electron chi connectivity index (χ1n) is 7.98. The standard InChI is InChI=1S/C18H30O/c1-4-7-10-15-18(13-5-2,14-6-3)16-11-8-9-12-17(16)19/h8-9,11-12,19H,4-7,10,13-15H2,1-3H3. The number of hydrogen-bond acceptors (Lipinski definition) is 1. The average molecular weight is 262 g/mol. The molecule has 0 bridgehead atoms. The van der Waals surface area contributed by atoms with Crippen molar-refractivity contribution in [2.45, 2.75) is 77.6 Å². The van der Waals surface area contributed by atoms with Gasteiger partial charge in [-0.2, -0.15) is 0 Å². The van der Waals surface area contributed by atoms with Gasteiger partial charge in [0.1, 0.15) is 5.75 Å². The molecule has 0 amide bonds. The molecule has 1 aromatic rings. The molecule has 0 saturated carbocycles. The van der Waals surface area contributed by atoms with Gasteiger partial charge in [0.25, 0.3) is 0 Å². The van der Waals surface area contributed by atoms with Gasteiger partial charge in [-0.25, -0.2) is 0 Å². The molecule has 0 saturated heterocycles. The van der Waals surface area contributed by atoms with Gasteiger partial charge in [-0.3, -0.25) is 0 Å². The van der Waals surface area contributed by atoms with Gasteiger partial charge in [0.05, 0.1) is 0 Å². The Balaban J connectivity index is 3.03. The van der Waals surface area contributed by atoms with Crippen LogP contribution in [0.4, 0.5) is 0 Å². The van der Waals surface area contributed by atoms with Crippen LogP contribution < -0.4 is 0 Å². The number of aromatic hydroxyl groups is 1. The van der Waals surface area contributed by atoms with Crippen LogP contribution in [0.3, 0.4) is 0 Å². The summed E-state index contributed by atoms with van der Waals surface area (Å²) in [5.74, 6) is 0.487. The lowest BCUT2D eigenvalue weighted by Gasteiger charge is -2.35. The van der Waals surface area contributed by atoms with E-state index in [1.165, 1.54) is 56.9 Å². The molecule has 0 atom stereocenters. The highest BCUT2D eigenvalue weighted by Gasteiger charge is 2.31. The Labute approximate surface area is 119 Å². The number of hydrogen-bond donors (Lipinski definition) is 1. The first-order chi connectivity index (χ1) is 9.20. The lowest BCUT2D eigenvalue weighted by Crippen LogP contribution is -2.26. The molecule has 0 aliphatic rings. The van der Waals surface area contributed by atoms with Crippen molar-refractivity contribution in [2.75, 3.05) is 0 Å². The summed E-state index contributed by atoms with van der Waals surface area (Å²) in [6, 6.07) is 7.96. The molecular formula is C18H30O. The highest BCUT2D eigenvalue weighted by molar-refractivity contribution is 5.38. The van der Waals surface area contributed by atoms with E-state index in [2.05, 4.69) is 32.9 Å². The Kier molecular flexibility index (Phi) is 6.97. The predicted molar refractivity (Wildman–Crippen MR) is 83.7 cm³/mol. The van der Waals surface area contributed by atoms with Crippen molar-refractivity contribution < 1.29 is 5.11 Å². The third-order valence-corrected chi connectivity index (χ3v) is 4.19. The van der Waals surface area contributed by atoms with Crippen LogP contribution in [0, 0.1) is 0 Å². The van der Waals surface area contributed by atoms with Crippen molar-refractivity contribution in [2.24, 2.45) is 0 Å². The average Bonchev–Trinajstić information content (AvgIpc) is 2.40. The minimum absolute atomic E-state index is 0.185. The van der Waals surface area contributed by atoms with Crippen molar-refractivity contribution in [3.05, 3.63) is 29.8 Å². The fourth-order valence-corrected chi connectivity index (χ4v) is 3.37. The van der Waals surface area contributed by atoms with E-state index in [1.807, 2.05) is 12.1 Å². The Bertz CT molecular complexity index is 350. The molecular weight excluding hydrogens is 232 g/mol. The first-order valence-corrected chi connectivity index (χ1v) is 7.98. The molecule has 1 N–H and O–H groups in total. The summed E-state index contributed by atoms with van der Waals surface area (Å²) in [5, 5.41) is 10.3. The maximum Gasteiger partial charge on any atom is 0.119 e. The summed E-state index contributed by atoms with van der Waals surface area (Å²) < 4.78 is 0. The minimum Gasteiger partial charge on any atom is -0.508 e. The lowest BCUT2D eigenvalue weighted by atomic mass is 9.70. The molecule has 1 rings (SSSR count). The van der Waals surface area contributed by atoms with E-state index < -0.39 is 0 Å². The van der Waals surface area contributed by atoms with Crippen molar-refractivity contribution in [1.29, 1.82) is 0 Å². The van der Waals surface area contributed by atoms with E-state index in [9.17, 15) is 5.11 Å². The van der Waals surface area contributed by atoms with Crippen molar-refractivity contribution >= 4 is 0 Å². The monoisotopic (exact) mass is 262 g/mol. The number of rotatable bonds is 9. The molecule has 0 heterocycles. The van der Waals surface area contributed by atoms with Crippen molar-refractivity contribution in [3.63, 3.8) is 0 Å². The van der Waals surface area contributed by atoms with E-state index in [1.54, 1.807) is 0 Å². The Morgan fingerprint density at radius 1 is 0.842 bits per heavy atom. The number of phenols is 1. The Morgan fingerprint density at radius 3 is 2.00 bits per heavy atom. The zero-order chi connectivity index (χ0) is 14.1. The largest absolute Gasteiger partial charge is 0.508 e. The summed E-state index contributed by atoms with van der Waals surface area (Å²) in [7, 11) is 0. The van der Waals surface area contributed by atoms with Crippen LogP contribution in [0.5, 0.6) is 5.75 Å². The number of phenolic OH excluding ortho intramolecular Hbond substituents is 1. The molecule has 0 aliphatic carbocycles.